The molecule has 6 nitrogen and oxygen atoms in total. The highest BCUT2D eigenvalue weighted by Crippen LogP contribution is 2.31. The van der Waals surface area contributed by atoms with E-state index < -0.39 is 15.1 Å². The molecular weight excluding hydrogens is 400 g/mol. The molecule has 2 aromatic carbocycles. The minimum atomic E-state index is -3.64. The minimum Gasteiger partial charge on any atom is -0.356 e. The van der Waals surface area contributed by atoms with E-state index in [0.717, 1.165) is 16.8 Å². The molecule has 2 amide bonds. The molecule has 0 aromatic heterocycles. The van der Waals surface area contributed by atoms with E-state index in [9.17, 15) is 18.0 Å². The molecule has 0 fully saturated rings. The fourth-order valence-corrected chi connectivity index (χ4v) is 5.06. The van der Waals surface area contributed by atoms with Crippen LogP contribution in [-0.2, 0) is 32.3 Å². The zero-order valence-corrected chi connectivity index (χ0v) is 18.5. The van der Waals surface area contributed by atoms with Gasteiger partial charge in [-0.3, -0.25) is 9.59 Å². The lowest BCUT2D eigenvalue weighted by Crippen LogP contribution is -2.31. The van der Waals surface area contributed by atoms with Crippen molar-refractivity contribution in [3.63, 3.8) is 0 Å². The molecule has 1 aliphatic rings. The number of benzene rings is 2. The van der Waals surface area contributed by atoms with Crippen molar-refractivity contribution in [2.24, 2.45) is 0 Å². The third-order valence-electron chi connectivity index (χ3n) is 5.51. The van der Waals surface area contributed by atoms with Crippen molar-refractivity contribution in [1.29, 1.82) is 0 Å². The molecule has 160 valence electrons. The summed E-state index contributed by atoms with van der Waals surface area (Å²) in [5, 5.41) is 1.98. The van der Waals surface area contributed by atoms with Gasteiger partial charge in [0.15, 0.2) is 9.84 Å². The van der Waals surface area contributed by atoms with Crippen LogP contribution in [-0.4, -0.2) is 38.6 Å². The molecule has 1 N–H and O–H groups in total. The van der Waals surface area contributed by atoms with Crippen LogP contribution in [0, 0.1) is 6.92 Å². The van der Waals surface area contributed by atoms with Crippen molar-refractivity contribution in [1.82, 2.24) is 5.32 Å². The third-order valence-corrected chi connectivity index (χ3v) is 7.65. The van der Waals surface area contributed by atoms with E-state index in [1.54, 1.807) is 24.0 Å². The van der Waals surface area contributed by atoms with E-state index in [1.165, 1.54) is 18.6 Å². The average Bonchev–Trinajstić information content (AvgIpc) is 3.13. The first-order chi connectivity index (χ1) is 14.2. The second kappa shape index (κ2) is 9.00. The number of nitrogens with one attached hydrogen (secondary N) is 1. The maximum absolute atomic E-state index is 12.9. The summed E-state index contributed by atoms with van der Waals surface area (Å²) in [6.07, 6.45) is 1.24. The summed E-state index contributed by atoms with van der Waals surface area (Å²) in [5.74, 6) is -0.331. The summed E-state index contributed by atoms with van der Waals surface area (Å²) in [7, 11) is -3.64. The standard InChI is InChI=1S/C23H28N2O4S/c1-16-4-6-19(7-5-16)10-12-24-23(27)14-17(2)30(28,29)21-8-9-22-20(15-21)11-13-25(22)18(3)26/h4-9,15,17H,10-14H2,1-3H3,(H,24,27)/t17-/m0/s1. The second-order valence-corrected chi connectivity index (χ2v) is 10.2. The van der Waals surface area contributed by atoms with Crippen LogP contribution in [0.1, 0.15) is 37.0 Å². The Bertz CT molecular complexity index is 1050. The van der Waals surface area contributed by atoms with Gasteiger partial charge in [-0.25, -0.2) is 8.42 Å². The van der Waals surface area contributed by atoms with Crippen molar-refractivity contribution >= 4 is 27.3 Å². The summed E-state index contributed by atoms with van der Waals surface area (Å²) in [6, 6.07) is 13.0. The van der Waals surface area contributed by atoms with Gasteiger partial charge in [-0.05, 0) is 56.0 Å². The van der Waals surface area contributed by atoms with Crippen LogP contribution >= 0.6 is 0 Å². The highest BCUT2D eigenvalue weighted by molar-refractivity contribution is 7.92. The predicted octanol–water partition coefficient (Wildman–Crippen LogP) is 2.82. The first-order valence-corrected chi connectivity index (χ1v) is 11.7. The van der Waals surface area contributed by atoms with Gasteiger partial charge in [0.2, 0.25) is 11.8 Å². The molecule has 0 saturated carbocycles. The Balaban J connectivity index is 1.59. The molecule has 3 rings (SSSR count). The van der Waals surface area contributed by atoms with Gasteiger partial charge in [-0.1, -0.05) is 29.8 Å². The molecule has 0 aliphatic carbocycles. The smallest absolute Gasteiger partial charge is 0.223 e. The molecule has 0 spiro atoms. The molecule has 0 radical (unpaired) electrons. The lowest BCUT2D eigenvalue weighted by molar-refractivity contribution is -0.121. The van der Waals surface area contributed by atoms with Gasteiger partial charge >= 0.3 is 0 Å². The highest BCUT2D eigenvalue weighted by atomic mass is 32.2. The topological polar surface area (TPSA) is 83.6 Å². The highest BCUT2D eigenvalue weighted by Gasteiger charge is 2.29. The Labute approximate surface area is 178 Å². The van der Waals surface area contributed by atoms with Crippen LogP contribution in [0.25, 0.3) is 0 Å². The number of sulfone groups is 1. The monoisotopic (exact) mass is 428 g/mol. The molecule has 2 aromatic rings. The Morgan fingerprint density at radius 1 is 1.13 bits per heavy atom. The number of aryl methyl sites for hydroxylation is 1. The summed E-state index contributed by atoms with van der Waals surface area (Å²) < 4.78 is 25.9. The van der Waals surface area contributed by atoms with E-state index in [0.29, 0.717) is 25.9 Å². The number of hydrogen-bond acceptors (Lipinski definition) is 4. The van der Waals surface area contributed by atoms with Crippen LogP contribution in [0.4, 0.5) is 5.69 Å². The van der Waals surface area contributed by atoms with Gasteiger partial charge in [0.25, 0.3) is 0 Å². The van der Waals surface area contributed by atoms with E-state index >= 15 is 0 Å². The summed E-state index contributed by atoms with van der Waals surface area (Å²) in [5.41, 5.74) is 3.92. The van der Waals surface area contributed by atoms with Gasteiger partial charge in [0.05, 0.1) is 10.1 Å². The maximum atomic E-state index is 12.9. The number of carbonyl (C=O) groups excluding carboxylic acids is 2. The van der Waals surface area contributed by atoms with E-state index in [4.69, 9.17) is 0 Å². The number of amides is 2. The lowest BCUT2D eigenvalue weighted by Gasteiger charge is -2.16. The molecule has 7 heteroatoms. The van der Waals surface area contributed by atoms with Gasteiger partial charge in [-0.2, -0.15) is 0 Å². The fourth-order valence-electron chi connectivity index (χ4n) is 3.66. The molecule has 30 heavy (non-hydrogen) atoms. The molecule has 1 heterocycles. The van der Waals surface area contributed by atoms with Crippen LogP contribution in [0.2, 0.25) is 0 Å². The zero-order valence-electron chi connectivity index (χ0n) is 17.6. The van der Waals surface area contributed by atoms with Gasteiger partial charge < -0.3 is 10.2 Å². The Morgan fingerprint density at radius 2 is 1.83 bits per heavy atom. The summed E-state index contributed by atoms with van der Waals surface area (Å²) in [4.78, 5) is 25.8. The molecule has 0 bridgehead atoms. The van der Waals surface area contributed by atoms with Crippen molar-refractivity contribution in [2.75, 3.05) is 18.0 Å². The van der Waals surface area contributed by atoms with Crippen molar-refractivity contribution < 1.29 is 18.0 Å². The first-order valence-electron chi connectivity index (χ1n) is 10.2. The number of anilines is 1. The second-order valence-electron chi connectivity index (χ2n) is 7.86. The fraction of sp³-hybridized carbons (Fsp3) is 0.391. The quantitative estimate of drug-likeness (QED) is 0.735. The Hall–Kier alpha value is -2.67. The average molecular weight is 429 g/mol. The van der Waals surface area contributed by atoms with Crippen LogP contribution in [0.15, 0.2) is 47.4 Å². The van der Waals surface area contributed by atoms with E-state index in [-0.39, 0.29) is 23.1 Å². The number of rotatable bonds is 7. The Morgan fingerprint density at radius 3 is 2.50 bits per heavy atom. The van der Waals surface area contributed by atoms with Crippen LogP contribution in [0.3, 0.4) is 0 Å². The van der Waals surface area contributed by atoms with Gasteiger partial charge in [0, 0.05) is 32.1 Å². The normalized spacial score (nSPS) is 14.3. The number of fused-ring (bicyclic) bond motifs is 1. The SMILES string of the molecule is CC(=O)N1CCc2cc(S(=O)(=O)[C@@H](C)CC(=O)NCCc3ccc(C)cc3)ccc21. The largest absolute Gasteiger partial charge is 0.356 e. The molecule has 0 unspecified atom stereocenters. The number of carbonyl (C=O) groups is 2. The minimum absolute atomic E-state index is 0.0555. The summed E-state index contributed by atoms with van der Waals surface area (Å²) >= 11 is 0. The number of nitrogens with zero attached hydrogens (tertiary/aromatic N) is 1. The van der Waals surface area contributed by atoms with Crippen LogP contribution < -0.4 is 10.2 Å². The Kier molecular flexibility index (Phi) is 6.61. The summed E-state index contributed by atoms with van der Waals surface area (Å²) in [6.45, 7) is 6.11. The van der Waals surface area contributed by atoms with Gasteiger partial charge in [0.1, 0.15) is 0 Å². The molecule has 0 saturated heterocycles. The maximum Gasteiger partial charge on any atom is 0.223 e. The van der Waals surface area contributed by atoms with Crippen molar-refractivity contribution in [2.45, 2.75) is 50.2 Å². The van der Waals surface area contributed by atoms with Crippen molar-refractivity contribution in [3.05, 3.63) is 59.2 Å². The van der Waals surface area contributed by atoms with Crippen molar-refractivity contribution in [3.8, 4) is 0 Å². The zero-order chi connectivity index (χ0) is 21.9. The van der Waals surface area contributed by atoms with Gasteiger partial charge in [-0.15, -0.1) is 0 Å². The van der Waals surface area contributed by atoms with E-state index in [1.807, 2.05) is 31.2 Å². The van der Waals surface area contributed by atoms with E-state index in [2.05, 4.69) is 5.32 Å². The molecule has 1 aliphatic heterocycles. The third kappa shape index (κ3) is 4.90. The molecular formula is C23H28N2O4S. The van der Waals surface area contributed by atoms with Crippen LogP contribution in [0.5, 0.6) is 0 Å². The molecule has 1 atom stereocenters. The lowest BCUT2D eigenvalue weighted by atomic mass is 10.1. The first kappa shape index (κ1) is 22.0. The number of hydrogen-bond donors (Lipinski definition) is 1. The predicted molar refractivity (Wildman–Crippen MR) is 117 cm³/mol.